The van der Waals surface area contributed by atoms with Crippen LogP contribution in [0.3, 0.4) is 0 Å². The van der Waals surface area contributed by atoms with E-state index in [4.69, 9.17) is 12.6 Å². The highest BCUT2D eigenvalue weighted by Crippen LogP contribution is 2.36. The molecule has 1 heteroatoms. The van der Waals surface area contributed by atoms with Crippen LogP contribution in [0.2, 0.25) is 0 Å². The van der Waals surface area contributed by atoms with Gasteiger partial charge in [0.15, 0.2) is 0 Å². The second-order valence-electron chi connectivity index (χ2n) is 5.57. The third kappa shape index (κ3) is 2.82. The first-order valence-electron chi connectivity index (χ1n) is 6.17. The molecule has 0 saturated carbocycles. The summed E-state index contributed by atoms with van der Waals surface area (Å²) in [4.78, 5) is 0. The second-order valence-corrected chi connectivity index (χ2v) is 6.42. The Kier molecular flexibility index (Phi) is 4.12. The molecule has 0 bridgehead atoms. The summed E-state index contributed by atoms with van der Waals surface area (Å²) in [5, 5.41) is 0. The molecular formula is C15H24S. The summed E-state index contributed by atoms with van der Waals surface area (Å²) in [5.74, 6) is 0. The van der Waals surface area contributed by atoms with Gasteiger partial charge in [-0.15, -0.1) is 0 Å². The van der Waals surface area contributed by atoms with E-state index in [1.807, 2.05) is 0 Å². The molecular weight excluding hydrogens is 212 g/mol. The van der Waals surface area contributed by atoms with Crippen molar-refractivity contribution in [3.8, 4) is 0 Å². The standard InChI is InChI=1S/C15H24S/c1-6-15(16,7-2)13-10-8-12(9-11-13)14(3,4)5/h8-11,16H,6-7H2,1-5H3. The van der Waals surface area contributed by atoms with E-state index in [1.165, 1.54) is 11.1 Å². The molecule has 0 radical (unpaired) electrons. The Balaban J connectivity index is 3.04. The van der Waals surface area contributed by atoms with Gasteiger partial charge in [0.1, 0.15) is 0 Å². The van der Waals surface area contributed by atoms with Crippen LogP contribution in [-0.2, 0) is 10.2 Å². The number of thiol groups is 1. The summed E-state index contributed by atoms with van der Waals surface area (Å²) in [6.07, 6.45) is 2.14. The van der Waals surface area contributed by atoms with Gasteiger partial charge in [-0.2, -0.15) is 12.6 Å². The molecule has 0 unspecified atom stereocenters. The van der Waals surface area contributed by atoms with Gasteiger partial charge in [0.05, 0.1) is 0 Å². The van der Waals surface area contributed by atoms with Crippen LogP contribution >= 0.6 is 12.6 Å². The van der Waals surface area contributed by atoms with Crippen molar-refractivity contribution in [1.29, 1.82) is 0 Å². The minimum Gasteiger partial charge on any atom is -0.168 e. The Bertz CT molecular complexity index is 325. The molecule has 0 aliphatic heterocycles. The van der Waals surface area contributed by atoms with Crippen molar-refractivity contribution in [2.75, 3.05) is 0 Å². The fourth-order valence-corrected chi connectivity index (χ4v) is 2.09. The van der Waals surface area contributed by atoms with Gasteiger partial charge in [-0.1, -0.05) is 58.9 Å². The second kappa shape index (κ2) is 4.83. The highest BCUT2D eigenvalue weighted by atomic mass is 32.1. The average molecular weight is 236 g/mol. The molecule has 0 heterocycles. The lowest BCUT2D eigenvalue weighted by Crippen LogP contribution is -2.17. The summed E-state index contributed by atoms with van der Waals surface area (Å²) < 4.78 is 0.0381. The van der Waals surface area contributed by atoms with Crippen LogP contribution < -0.4 is 0 Å². The predicted octanol–water partition coefficient (Wildman–Crippen LogP) is 4.93. The summed E-state index contributed by atoms with van der Waals surface area (Å²) in [5.41, 5.74) is 2.96. The van der Waals surface area contributed by atoms with Crippen LogP contribution in [0, 0.1) is 0 Å². The fraction of sp³-hybridized carbons (Fsp3) is 0.600. The van der Waals surface area contributed by atoms with Crippen LogP contribution in [0.1, 0.15) is 58.6 Å². The number of benzene rings is 1. The third-order valence-electron chi connectivity index (χ3n) is 3.46. The molecule has 0 N–H and O–H groups in total. The normalized spacial score (nSPS) is 12.9. The van der Waals surface area contributed by atoms with E-state index in [-0.39, 0.29) is 10.2 Å². The zero-order valence-electron chi connectivity index (χ0n) is 11.2. The lowest BCUT2D eigenvalue weighted by Gasteiger charge is -2.27. The third-order valence-corrected chi connectivity index (χ3v) is 4.35. The summed E-state index contributed by atoms with van der Waals surface area (Å²) >= 11 is 4.81. The van der Waals surface area contributed by atoms with Gasteiger partial charge >= 0.3 is 0 Å². The van der Waals surface area contributed by atoms with E-state index in [9.17, 15) is 0 Å². The number of rotatable bonds is 3. The zero-order valence-corrected chi connectivity index (χ0v) is 12.1. The van der Waals surface area contributed by atoms with E-state index in [1.54, 1.807) is 0 Å². The van der Waals surface area contributed by atoms with Gasteiger partial charge in [-0.25, -0.2) is 0 Å². The Labute approximate surface area is 106 Å². The molecule has 0 fully saturated rings. The first-order valence-corrected chi connectivity index (χ1v) is 6.61. The number of hydrogen-bond donors (Lipinski definition) is 1. The Morgan fingerprint density at radius 3 is 1.56 bits per heavy atom. The monoisotopic (exact) mass is 236 g/mol. The number of hydrogen-bond acceptors (Lipinski definition) is 1. The first kappa shape index (κ1) is 13.6. The lowest BCUT2D eigenvalue weighted by molar-refractivity contribution is 0.575. The molecule has 1 aromatic carbocycles. The molecule has 0 nitrogen and oxygen atoms in total. The Hall–Kier alpha value is -0.430. The van der Waals surface area contributed by atoms with Gasteiger partial charge in [0.25, 0.3) is 0 Å². The van der Waals surface area contributed by atoms with Gasteiger partial charge in [0, 0.05) is 4.75 Å². The van der Waals surface area contributed by atoms with Crippen molar-refractivity contribution in [2.45, 2.75) is 57.6 Å². The van der Waals surface area contributed by atoms with Crippen molar-refractivity contribution in [3.05, 3.63) is 35.4 Å². The molecule has 90 valence electrons. The molecule has 0 amide bonds. The lowest BCUT2D eigenvalue weighted by atomic mass is 9.84. The Morgan fingerprint density at radius 1 is 0.875 bits per heavy atom. The minimum atomic E-state index is 0.0381. The van der Waals surface area contributed by atoms with Crippen molar-refractivity contribution in [2.24, 2.45) is 0 Å². The SMILES string of the molecule is CCC(S)(CC)c1ccc(C(C)(C)C)cc1. The van der Waals surface area contributed by atoms with Crippen molar-refractivity contribution < 1.29 is 0 Å². The van der Waals surface area contributed by atoms with E-state index in [0.29, 0.717) is 0 Å². The van der Waals surface area contributed by atoms with E-state index in [0.717, 1.165) is 12.8 Å². The van der Waals surface area contributed by atoms with Gasteiger partial charge in [-0.3, -0.25) is 0 Å². The van der Waals surface area contributed by atoms with E-state index >= 15 is 0 Å². The van der Waals surface area contributed by atoms with Crippen LogP contribution in [0.15, 0.2) is 24.3 Å². The fourth-order valence-electron chi connectivity index (χ4n) is 1.94. The van der Waals surface area contributed by atoms with Gasteiger partial charge in [-0.05, 0) is 29.4 Å². The van der Waals surface area contributed by atoms with Crippen molar-refractivity contribution in [1.82, 2.24) is 0 Å². The maximum atomic E-state index is 4.81. The highest BCUT2D eigenvalue weighted by molar-refractivity contribution is 7.81. The van der Waals surface area contributed by atoms with Crippen molar-refractivity contribution >= 4 is 12.6 Å². The van der Waals surface area contributed by atoms with Crippen LogP contribution in [0.4, 0.5) is 0 Å². The molecule has 0 spiro atoms. The molecule has 0 aliphatic rings. The highest BCUT2D eigenvalue weighted by Gasteiger charge is 2.23. The summed E-state index contributed by atoms with van der Waals surface area (Å²) in [7, 11) is 0. The molecule has 1 rings (SSSR count). The van der Waals surface area contributed by atoms with Crippen LogP contribution in [0.25, 0.3) is 0 Å². The zero-order chi connectivity index (χ0) is 12.4. The van der Waals surface area contributed by atoms with Gasteiger partial charge < -0.3 is 0 Å². The predicted molar refractivity (Wildman–Crippen MR) is 76.4 cm³/mol. The molecule has 0 saturated heterocycles. The molecule has 0 aromatic heterocycles. The average Bonchev–Trinajstić information content (AvgIpc) is 2.27. The molecule has 0 atom stereocenters. The molecule has 16 heavy (non-hydrogen) atoms. The maximum Gasteiger partial charge on any atom is 0.0373 e. The van der Waals surface area contributed by atoms with E-state index < -0.39 is 0 Å². The first-order chi connectivity index (χ1) is 7.33. The van der Waals surface area contributed by atoms with Crippen LogP contribution in [0.5, 0.6) is 0 Å². The molecule has 0 aliphatic carbocycles. The van der Waals surface area contributed by atoms with E-state index in [2.05, 4.69) is 58.9 Å². The Morgan fingerprint density at radius 2 is 1.25 bits per heavy atom. The van der Waals surface area contributed by atoms with Crippen LogP contribution in [-0.4, -0.2) is 0 Å². The summed E-state index contributed by atoms with van der Waals surface area (Å²) in [6.45, 7) is 11.1. The summed E-state index contributed by atoms with van der Waals surface area (Å²) in [6, 6.07) is 8.96. The molecule has 1 aromatic rings. The topological polar surface area (TPSA) is 0 Å². The van der Waals surface area contributed by atoms with Crippen molar-refractivity contribution in [3.63, 3.8) is 0 Å². The maximum absolute atomic E-state index is 4.81. The largest absolute Gasteiger partial charge is 0.168 e. The minimum absolute atomic E-state index is 0.0381. The smallest absolute Gasteiger partial charge is 0.0373 e. The quantitative estimate of drug-likeness (QED) is 0.707. The van der Waals surface area contributed by atoms with Gasteiger partial charge in [0.2, 0.25) is 0 Å².